The van der Waals surface area contributed by atoms with Gasteiger partial charge < -0.3 is 4.42 Å². The Balaban J connectivity index is 2.06. The number of fused-ring (bicyclic) bond motifs is 1. The lowest BCUT2D eigenvalue weighted by atomic mass is 10.1. The lowest BCUT2D eigenvalue weighted by molar-refractivity contribution is 0.101. The fourth-order valence-electron chi connectivity index (χ4n) is 1.80. The van der Waals surface area contributed by atoms with Crippen molar-refractivity contribution in [2.24, 2.45) is 0 Å². The van der Waals surface area contributed by atoms with E-state index in [1.54, 1.807) is 12.1 Å². The maximum absolute atomic E-state index is 13.0. The van der Waals surface area contributed by atoms with Crippen LogP contribution in [0.4, 0.5) is 4.39 Å². The van der Waals surface area contributed by atoms with E-state index in [0.29, 0.717) is 5.58 Å². The van der Waals surface area contributed by atoms with E-state index in [-0.39, 0.29) is 17.1 Å². The zero-order valence-electron chi connectivity index (χ0n) is 9.56. The zero-order valence-corrected chi connectivity index (χ0v) is 11.1. The molecular weight excluding hydrogens is 313 g/mol. The van der Waals surface area contributed by atoms with Gasteiger partial charge in [-0.1, -0.05) is 15.9 Å². The molecule has 0 saturated carbocycles. The van der Waals surface area contributed by atoms with Crippen molar-refractivity contribution >= 4 is 32.7 Å². The van der Waals surface area contributed by atoms with E-state index in [0.717, 1.165) is 22.1 Å². The molecule has 0 aliphatic heterocycles. The molecule has 5 heteroatoms. The third kappa shape index (κ3) is 2.29. The molecule has 0 bridgehead atoms. The normalized spacial score (nSPS) is 10.8. The fourth-order valence-corrected chi connectivity index (χ4v) is 2.18. The van der Waals surface area contributed by atoms with Crippen molar-refractivity contribution < 1.29 is 13.6 Å². The minimum atomic E-state index is -0.551. The summed E-state index contributed by atoms with van der Waals surface area (Å²) in [5.41, 5.74) is 0.772. The number of carbonyl (C=O) groups excluding carboxylic acids is 1. The number of halogens is 2. The van der Waals surface area contributed by atoms with Gasteiger partial charge in [-0.15, -0.1) is 0 Å². The van der Waals surface area contributed by atoms with Crippen LogP contribution in [-0.2, 0) is 0 Å². The Labute approximate surface area is 116 Å². The predicted octanol–water partition coefficient (Wildman–Crippen LogP) is 3.96. The second-order valence-corrected chi connectivity index (χ2v) is 4.93. The average molecular weight is 320 g/mol. The number of pyridine rings is 1. The number of rotatable bonds is 2. The van der Waals surface area contributed by atoms with Crippen LogP contribution >= 0.6 is 15.9 Å². The molecule has 1 aromatic carbocycles. The van der Waals surface area contributed by atoms with Gasteiger partial charge in [-0.05, 0) is 30.3 Å². The van der Waals surface area contributed by atoms with Crippen LogP contribution < -0.4 is 0 Å². The highest BCUT2D eigenvalue weighted by atomic mass is 79.9. The maximum Gasteiger partial charge on any atom is 0.229 e. The van der Waals surface area contributed by atoms with Gasteiger partial charge in [0.15, 0.2) is 5.76 Å². The number of ketones is 1. The molecule has 2 heterocycles. The van der Waals surface area contributed by atoms with Crippen molar-refractivity contribution in [3.05, 3.63) is 64.3 Å². The molecule has 0 aliphatic rings. The summed E-state index contributed by atoms with van der Waals surface area (Å²) in [5, 5.41) is 0.807. The zero-order chi connectivity index (χ0) is 13.4. The molecule has 0 unspecified atom stereocenters. The van der Waals surface area contributed by atoms with Crippen LogP contribution in [0.15, 0.2) is 51.6 Å². The fraction of sp³-hybridized carbons (Fsp3) is 0. The molecule has 0 fully saturated rings. The van der Waals surface area contributed by atoms with Crippen molar-refractivity contribution in [3.63, 3.8) is 0 Å². The number of nitrogens with zero attached hydrogens (tertiary/aromatic N) is 1. The SMILES string of the molecule is O=C(c1cncc(F)c1)c1cc2cc(Br)ccc2o1. The van der Waals surface area contributed by atoms with Gasteiger partial charge in [-0.25, -0.2) is 4.39 Å². The van der Waals surface area contributed by atoms with E-state index in [4.69, 9.17) is 4.42 Å². The Kier molecular flexibility index (Phi) is 2.91. The van der Waals surface area contributed by atoms with Crippen molar-refractivity contribution in [1.82, 2.24) is 4.98 Å². The van der Waals surface area contributed by atoms with Crippen LogP contribution in [0.25, 0.3) is 11.0 Å². The highest BCUT2D eigenvalue weighted by molar-refractivity contribution is 9.10. The summed E-state index contributed by atoms with van der Waals surface area (Å²) in [6, 6.07) is 8.20. The molecule has 0 atom stereocenters. The van der Waals surface area contributed by atoms with E-state index in [1.165, 1.54) is 6.20 Å². The summed E-state index contributed by atoms with van der Waals surface area (Å²) >= 11 is 3.35. The average Bonchev–Trinajstić information content (AvgIpc) is 2.80. The third-order valence-corrected chi connectivity index (χ3v) is 3.16. The van der Waals surface area contributed by atoms with E-state index >= 15 is 0 Å². The van der Waals surface area contributed by atoms with Gasteiger partial charge in [0.1, 0.15) is 11.4 Å². The first-order valence-electron chi connectivity index (χ1n) is 5.48. The second-order valence-electron chi connectivity index (χ2n) is 4.01. The number of aromatic nitrogens is 1. The topological polar surface area (TPSA) is 43.1 Å². The Bertz CT molecular complexity index is 782. The van der Waals surface area contributed by atoms with Crippen molar-refractivity contribution in [1.29, 1.82) is 0 Å². The first-order valence-corrected chi connectivity index (χ1v) is 6.27. The molecule has 94 valence electrons. The Hall–Kier alpha value is -2.01. The largest absolute Gasteiger partial charge is 0.453 e. The molecular formula is C14H7BrFNO2. The van der Waals surface area contributed by atoms with Crippen LogP contribution in [0.2, 0.25) is 0 Å². The first kappa shape index (κ1) is 12.0. The van der Waals surface area contributed by atoms with Crippen LogP contribution in [0.1, 0.15) is 16.1 Å². The van der Waals surface area contributed by atoms with Crippen LogP contribution in [0.3, 0.4) is 0 Å². The highest BCUT2D eigenvalue weighted by Gasteiger charge is 2.15. The summed E-state index contributed by atoms with van der Waals surface area (Å²) in [5.74, 6) is -0.774. The molecule has 3 nitrogen and oxygen atoms in total. The number of carbonyl (C=O) groups is 1. The van der Waals surface area contributed by atoms with E-state index in [1.807, 2.05) is 12.1 Å². The van der Waals surface area contributed by atoms with E-state index in [2.05, 4.69) is 20.9 Å². The Morgan fingerprint density at radius 2 is 2.05 bits per heavy atom. The smallest absolute Gasteiger partial charge is 0.229 e. The number of benzene rings is 1. The molecule has 0 amide bonds. The van der Waals surface area contributed by atoms with Crippen molar-refractivity contribution in [3.8, 4) is 0 Å². The van der Waals surface area contributed by atoms with Gasteiger partial charge in [0.2, 0.25) is 5.78 Å². The van der Waals surface area contributed by atoms with Gasteiger partial charge >= 0.3 is 0 Å². The highest BCUT2D eigenvalue weighted by Crippen LogP contribution is 2.24. The quantitative estimate of drug-likeness (QED) is 0.671. The summed E-state index contributed by atoms with van der Waals surface area (Å²) < 4.78 is 19.4. The molecule has 0 aliphatic carbocycles. The number of hydrogen-bond acceptors (Lipinski definition) is 3. The standard InChI is InChI=1S/C14H7BrFNO2/c15-10-1-2-12-8(3-10)5-13(19-12)14(18)9-4-11(16)7-17-6-9/h1-7H. The maximum atomic E-state index is 13.0. The molecule has 3 rings (SSSR count). The monoisotopic (exact) mass is 319 g/mol. The first-order chi connectivity index (χ1) is 9.13. The van der Waals surface area contributed by atoms with Crippen LogP contribution in [0.5, 0.6) is 0 Å². The Morgan fingerprint density at radius 3 is 2.84 bits per heavy atom. The lowest BCUT2D eigenvalue weighted by Gasteiger charge is -1.96. The molecule has 19 heavy (non-hydrogen) atoms. The third-order valence-electron chi connectivity index (χ3n) is 2.67. The van der Waals surface area contributed by atoms with Crippen molar-refractivity contribution in [2.45, 2.75) is 0 Å². The Morgan fingerprint density at radius 1 is 1.21 bits per heavy atom. The molecule has 0 saturated heterocycles. The van der Waals surface area contributed by atoms with Gasteiger partial charge in [0.25, 0.3) is 0 Å². The van der Waals surface area contributed by atoms with Gasteiger partial charge in [0, 0.05) is 21.6 Å². The lowest BCUT2D eigenvalue weighted by Crippen LogP contribution is -2.00. The summed E-state index contributed by atoms with van der Waals surface area (Å²) in [7, 11) is 0. The van der Waals surface area contributed by atoms with Gasteiger partial charge in [0.05, 0.1) is 6.20 Å². The molecule has 0 N–H and O–H groups in total. The minimum absolute atomic E-state index is 0.165. The summed E-state index contributed by atoms with van der Waals surface area (Å²) in [6.07, 6.45) is 2.36. The summed E-state index contributed by atoms with van der Waals surface area (Å²) in [6.45, 7) is 0. The van der Waals surface area contributed by atoms with Crippen LogP contribution in [0, 0.1) is 5.82 Å². The van der Waals surface area contributed by atoms with Gasteiger partial charge in [-0.2, -0.15) is 0 Å². The summed E-state index contributed by atoms with van der Waals surface area (Å²) in [4.78, 5) is 15.8. The molecule has 0 radical (unpaired) electrons. The molecule has 2 aromatic heterocycles. The number of hydrogen-bond donors (Lipinski definition) is 0. The van der Waals surface area contributed by atoms with Crippen LogP contribution in [-0.4, -0.2) is 10.8 Å². The molecule has 0 spiro atoms. The number of furan rings is 1. The van der Waals surface area contributed by atoms with E-state index in [9.17, 15) is 9.18 Å². The second kappa shape index (κ2) is 4.59. The predicted molar refractivity (Wildman–Crippen MR) is 71.5 cm³/mol. The molecule has 3 aromatic rings. The van der Waals surface area contributed by atoms with Gasteiger partial charge in [-0.3, -0.25) is 9.78 Å². The van der Waals surface area contributed by atoms with E-state index < -0.39 is 5.82 Å². The van der Waals surface area contributed by atoms with Crippen molar-refractivity contribution in [2.75, 3.05) is 0 Å². The minimum Gasteiger partial charge on any atom is -0.453 e.